The summed E-state index contributed by atoms with van der Waals surface area (Å²) in [6, 6.07) is 6.58. The minimum atomic E-state index is 0.766. The maximum Gasteiger partial charge on any atom is 0.160 e. The van der Waals surface area contributed by atoms with Gasteiger partial charge in [0.05, 0.1) is 14.2 Å². The second kappa shape index (κ2) is 4.68. The summed E-state index contributed by atoms with van der Waals surface area (Å²) in [5, 5.41) is 0. The molecule has 0 atom stereocenters. The fraction of sp³-hybridized carbons (Fsp3) is 0.667. The highest BCUT2D eigenvalue weighted by molar-refractivity contribution is 5.44. The second-order valence-electron chi connectivity index (χ2n) is 7.07. The Kier molecular flexibility index (Phi) is 2.94. The zero-order valence-electron chi connectivity index (χ0n) is 12.5. The van der Waals surface area contributed by atoms with Crippen molar-refractivity contribution in [2.75, 3.05) is 14.2 Å². The predicted octanol–water partition coefficient (Wildman–Crippen LogP) is 4.24. The van der Waals surface area contributed by atoms with Gasteiger partial charge in [0.25, 0.3) is 0 Å². The summed E-state index contributed by atoms with van der Waals surface area (Å²) in [6.07, 6.45) is 7.38. The summed E-state index contributed by atoms with van der Waals surface area (Å²) >= 11 is 0. The molecule has 4 saturated carbocycles. The lowest BCUT2D eigenvalue weighted by Crippen LogP contribution is -2.43. The molecule has 0 heterocycles. The highest BCUT2D eigenvalue weighted by atomic mass is 16.5. The Morgan fingerprint density at radius 1 is 0.800 bits per heavy atom. The van der Waals surface area contributed by atoms with Crippen molar-refractivity contribution < 1.29 is 9.47 Å². The molecule has 4 fully saturated rings. The Morgan fingerprint density at radius 2 is 1.40 bits per heavy atom. The molecule has 4 aliphatic carbocycles. The van der Waals surface area contributed by atoms with E-state index in [9.17, 15) is 0 Å². The van der Waals surface area contributed by atoms with Crippen molar-refractivity contribution in [3.63, 3.8) is 0 Å². The summed E-state index contributed by atoms with van der Waals surface area (Å²) in [7, 11) is 3.44. The molecule has 0 amide bonds. The molecule has 4 aliphatic rings. The Morgan fingerprint density at radius 3 is 1.95 bits per heavy atom. The highest BCUT2D eigenvalue weighted by Gasteiger charge is 2.48. The standard InChI is InChI=1S/C18H24O2/c1-19-16-4-3-13(10-17(16)20-2)18-14-6-11-5-12(8-14)9-15(18)7-11/h3-4,10-12,14-15,18H,5-9H2,1-2H3. The first-order chi connectivity index (χ1) is 9.78. The van der Waals surface area contributed by atoms with Crippen LogP contribution in [0.4, 0.5) is 0 Å². The summed E-state index contributed by atoms with van der Waals surface area (Å²) in [4.78, 5) is 0. The van der Waals surface area contributed by atoms with Crippen molar-refractivity contribution in [1.29, 1.82) is 0 Å². The fourth-order valence-corrected chi connectivity index (χ4v) is 5.53. The van der Waals surface area contributed by atoms with Crippen LogP contribution in [0.5, 0.6) is 11.5 Å². The molecule has 0 aromatic heterocycles. The van der Waals surface area contributed by atoms with Crippen molar-refractivity contribution in [2.24, 2.45) is 23.7 Å². The molecular formula is C18H24O2. The van der Waals surface area contributed by atoms with Gasteiger partial charge in [-0.05, 0) is 79.4 Å². The number of hydrogen-bond acceptors (Lipinski definition) is 2. The number of hydrogen-bond donors (Lipinski definition) is 0. The third kappa shape index (κ3) is 1.84. The maximum absolute atomic E-state index is 5.49. The van der Waals surface area contributed by atoms with Crippen molar-refractivity contribution in [2.45, 2.75) is 38.0 Å². The van der Waals surface area contributed by atoms with Crippen LogP contribution in [0.25, 0.3) is 0 Å². The molecule has 0 unspecified atom stereocenters. The van der Waals surface area contributed by atoms with E-state index in [0.717, 1.165) is 41.1 Å². The fourth-order valence-electron chi connectivity index (χ4n) is 5.53. The molecule has 0 spiro atoms. The van der Waals surface area contributed by atoms with Gasteiger partial charge in [-0.2, -0.15) is 0 Å². The smallest absolute Gasteiger partial charge is 0.160 e. The summed E-state index contributed by atoms with van der Waals surface area (Å²) < 4.78 is 10.9. The van der Waals surface area contributed by atoms with Gasteiger partial charge in [0.15, 0.2) is 11.5 Å². The van der Waals surface area contributed by atoms with Gasteiger partial charge >= 0.3 is 0 Å². The lowest BCUT2D eigenvalue weighted by Gasteiger charge is -2.54. The van der Waals surface area contributed by atoms with E-state index in [2.05, 4.69) is 18.2 Å². The van der Waals surface area contributed by atoms with Crippen LogP contribution in [0.1, 0.15) is 43.6 Å². The van der Waals surface area contributed by atoms with E-state index in [4.69, 9.17) is 9.47 Å². The molecule has 1 aromatic carbocycles. The molecule has 0 N–H and O–H groups in total. The van der Waals surface area contributed by atoms with Crippen molar-refractivity contribution >= 4 is 0 Å². The van der Waals surface area contributed by atoms with Crippen LogP contribution in [0.3, 0.4) is 0 Å². The molecule has 0 radical (unpaired) electrons. The SMILES string of the molecule is COc1ccc(C2C3CC4CC(C3)CC2C4)cc1OC. The van der Waals surface area contributed by atoms with Gasteiger partial charge in [-0.25, -0.2) is 0 Å². The van der Waals surface area contributed by atoms with E-state index in [1.54, 1.807) is 14.2 Å². The number of methoxy groups -OCH3 is 2. The van der Waals surface area contributed by atoms with E-state index in [1.165, 1.54) is 37.7 Å². The van der Waals surface area contributed by atoms with Crippen LogP contribution in [-0.2, 0) is 0 Å². The van der Waals surface area contributed by atoms with Crippen molar-refractivity contribution in [3.05, 3.63) is 23.8 Å². The molecule has 0 aliphatic heterocycles. The minimum Gasteiger partial charge on any atom is -0.493 e. The monoisotopic (exact) mass is 272 g/mol. The first kappa shape index (κ1) is 12.6. The minimum absolute atomic E-state index is 0.766. The molecule has 5 rings (SSSR count). The third-order valence-electron chi connectivity index (χ3n) is 6.02. The maximum atomic E-state index is 5.49. The Hall–Kier alpha value is -1.18. The van der Waals surface area contributed by atoms with Crippen LogP contribution in [0, 0.1) is 23.7 Å². The molecule has 4 bridgehead atoms. The zero-order chi connectivity index (χ0) is 13.7. The van der Waals surface area contributed by atoms with Crippen LogP contribution in [-0.4, -0.2) is 14.2 Å². The van der Waals surface area contributed by atoms with E-state index >= 15 is 0 Å². The zero-order valence-corrected chi connectivity index (χ0v) is 12.5. The Labute approximate surface area is 121 Å². The molecule has 2 heteroatoms. The molecule has 20 heavy (non-hydrogen) atoms. The first-order valence-corrected chi connectivity index (χ1v) is 8.00. The molecule has 2 nitrogen and oxygen atoms in total. The van der Waals surface area contributed by atoms with Crippen LogP contribution < -0.4 is 9.47 Å². The van der Waals surface area contributed by atoms with Gasteiger partial charge in [0.2, 0.25) is 0 Å². The summed E-state index contributed by atoms with van der Waals surface area (Å²) in [6.45, 7) is 0. The summed E-state index contributed by atoms with van der Waals surface area (Å²) in [5.41, 5.74) is 1.48. The largest absolute Gasteiger partial charge is 0.493 e. The van der Waals surface area contributed by atoms with E-state index in [1.807, 2.05) is 0 Å². The van der Waals surface area contributed by atoms with Crippen LogP contribution in [0.15, 0.2) is 18.2 Å². The molecule has 1 aromatic rings. The van der Waals surface area contributed by atoms with Gasteiger partial charge < -0.3 is 9.47 Å². The lowest BCUT2D eigenvalue weighted by atomic mass is 9.51. The summed E-state index contributed by atoms with van der Waals surface area (Å²) in [5.74, 6) is 6.41. The van der Waals surface area contributed by atoms with Crippen molar-refractivity contribution in [1.82, 2.24) is 0 Å². The van der Waals surface area contributed by atoms with Gasteiger partial charge in [0, 0.05) is 0 Å². The van der Waals surface area contributed by atoms with Gasteiger partial charge in [0.1, 0.15) is 0 Å². The highest BCUT2D eigenvalue weighted by Crippen LogP contribution is 2.60. The first-order valence-electron chi connectivity index (χ1n) is 8.00. The van der Waals surface area contributed by atoms with E-state index < -0.39 is 0 Å². The normalized spacial score (nSPS) is 38.0. The predicted molar refractivity (Wildman–Crippen MR) is 79.3 cm³/mol. The van der Waals surface area contributed by atoms with E-state index in [0.29, 0.717) is 0 Å². The molecule has 0 saturated heterocycles. The van der Waals surface area contributed by atoms with Crippen LogP contribution >= 0.6 is 0 Å². The molecule has 108 valence electrons. The third-order valence-corrected chi connectivity index (χ3v) is 6.02. The number of rotatable bonds is 3. The van der Waals surface area contributed by atoms with Gasteiger partial charge in [-0.15, -0.1) is 0 Å². The lowest BCUT2D eigenvalue weighted by molar-refractivity contribution is -0.00284. The topological polar surface area (TPSA) is 18.5 Å². The Balaban J connectivity index is 1.67. The average Bonchev–Trinajstić information content (AvgIpc) is 2.46. The Bertz CT molecular complexity index is 480. The molecular weight excluding hydrogens is 248 g/mol. The van der Waals surface area contributed by atoms with E-state index in [-0.39, 0.29) is 0 Å². The number of benzene rings is 1. The van der Waals surface area contributed by atoms with Crippen LogP contribution in [0.2, 0.25) is 0 Å². The quantitative estimate of drug-likeness (QED) is 0.819. The second-order valence-corrected chi connectivity index (χ2v) is 7.07. The van der Waals surface area contributed by atoms with Gasteiger partial charge in [-0.1, -0.05) is 6.07 Å². The number of ether oxygens (including phenoxy) is 2. The van der Waals surface area contributed by atoms with Gasteiger partial charge in [-0.3, -0.25) is 0 Å². The van der Waals surface area contributed by atoms with Crippen molar-refractivity contribution in [3.8, 4) is 11.5 Å². The average molecular weight is 272 g/mol.